The highest BCUT2D eigenvalue weighted by atomic mass is 16.5. The third-order valence-electron chi connectivity index (χ3n) is 7.60. The van der Waals surface area contributed by atoms with E-state index in [4.69, 9.17) is 30.3 Å². The molecule has 0 bridgehead atoms. The predicted octanol–water partition coefficient (Wildman–Crippen LogP) is 4.09. The van der Waals surface area contributed by atoms with Gasteiger partial charge in [-0.3, -0.25) is 10.8 Å². The number of aromatic amines is 2. The number of rotatable bonds is 4. The molecular formula is C30H30N8O2. The van der Waals surface area contributed by atoms with Gasteiger partial charge in [0.05, 0.1) is 48.5 Å². The molecule has 3 aromatic carbocycles. The summed E-state index contributed by atoms with van der Waals surface area (Å²) in [5.41, 5.74) is 7.24. The van der Waals surface area contributed by atoms with E-state index in [1.807, 2.05) is 70.5 Å². The number of aromatic nitrogens is 4. The average molecular weight is 535 g/mol. The van der Waals surface area contributed by atoms with Crippen molar-refractivity contribution in [2.45, 2.75) is 0 Å². The SMILES string of the molecule is N=C(c1ccc2nc(-c3ccc(-c4nc5ccc(C(=N)N6CCOCC6)cc5[nH]4)cc3)[nH]c2c1)N1CCOCC1. The Balaban J connectivity index is 1.10. The van der Waals surface area contributed by atoms with E-state index in [9.17, 15) is 0 Å². The summed E-state index contributed by atoms with van der Waals surface area (Å²) < 4.78 is 10.8. The zero-order valence-corrected chi connectivity index (χ0v) is 22.0. The second-order valence-corrected chi connectivity index (χ2v) is 10.1. The molecule has 0 aliphatic carbocycles. The topological polar surface area (TPSA) is 130 Å². The van der Waals surface area contributed by atoms with Crippen LogP contribution in [0, 0.1) is 10.8 Å². The van der Waals surface area contributed by atoms with Gasteiger partial charge in [0.2, 0.25) is 0 Å². The van der Waals surface area contributed by atoms with E-state index < -0.39 is 0 Å². The monoisotopic (exact) mass is 534 g/mol. The Bertz CT molecular complexity index is 1580. The van der Waals surface area contributed by atoms with Crippen LogP contribution in [0.25, 0.3) is 44.8 Å². The van der Waals surface area contributed by atoms with Gasteiger partial charge in [0.25, 0.3) is 0 Å². The molecule has 0 unspecified atom stereocenters. The van der Waals surface area contributed by atoms with Crippen molar-refractivity contribution < 1.29 is 9.47 Å². The Morgan fingerprint density at radius 2 is 1.00 bits per heavy atom. The summed E-state index contributed by atoms with van der Waals surface area (Å²) in [4.78, 5) is 20.5. The molecule has 2 saturated heterocycles. The first-order valence-corrected chi connectivity index (χ1v) is 13.6. The molecule has 0 amide bonds. The van der Waals surface area contributed by atoms with Crippen molar-refractivity contribution in [2.75, 3.05) is 52.6 Å². The Morgan fingerprint density at radius 3 is 1.40 bits per heavy atom. The molecule has 4 heterocycles. The molecule has 7 rings (SSSR count). The number of hydrogen-bond acceptors (Lipinski definition) is 6. The molecule has 0 atom stereocenters. The molecule has 0 spiro atoms. The Labute approximate surface area is 231 Å². The van der Waals surface area contributed by atoms with E-state index in [2.05, 4.69) is 9.97 Å². The number of imidazole rings is 2. The van der Waals surface area contributed by atoms with Crippen molar-refractivity contribution in [1.82, 2.24) is 29.7 Å². The molecular weight excluding hydrogens is 504 g/mol. The van der Waals surface area contributed by atoms with Crippen molar-refractivity contribution in [3.63, 3.8) is 0 Å². The highest BCUT2D eigenvalue weighted by molar-refractivity contribution is 6.00. The molecule has 10 heteroatoms. The first kappa shape index (κ1) is 24.5. The quantitative estimate of drug-likeness (QED) is 0.203. The summed E-state index contributed by atoms with van der Waals surface area (Å²) in [6.45, 7) is 5.58. The van der Waals surface area contributed by atoms with E-state index in [0.29, 0.717) is 38.1 Å². The molecule has 0 radical (unpaired) electrons. The highest BCUT2D eigenvalue weighted by Crippen LogP contribution is 2.26. The predicted molar refractivity (Wildman–Crippen MR) is 155 cm³/mol. The lowest BCUT2D eigenvalue weighted by Crippen LogP contribution is -2.40. The minimum atomic E-state index is 0.515. The lowest BCUT2D eigenvalue weighted by Gasteiger charge is -2.29. The van der Waals surface area contributed by atoms with Gasteiger partial charge < -0.3 is 29.2 Å². The zero-order chi connectivity index (χ0) is 27.1. The van der Waals surface area contributed by atoms with Gasteiger partial charge in [-0.15, -0.1) is 0 Å². The van der Waals surface area contributed by atoms with Crippen LogP contribution >= 0.6 is 0 Å². The zero-order valence-electron chi connectivity index (χ0n) is 22.0. The number of H-pyrrole nitrogens is 2. The standard InChI is InChI=1S/C30H30N8O2/c31-27(37-9-13-39-14-10-37)21-5-7-23-25(17-21)35-29(33-23)19-1-2-20(4-3-19)30-34-24-8-6-22(18-26(24)36-30)28(32)38-11-15-40-16-12-38/h1-8,17-18,31-32H,9-16H2,(H,33,35)(H,34,36). The normalized spacial score (nSPS) is 16.1. The van der Waals surface area contributed by atoms with E-state index in [-0.39, 0.29) is 0 Å². The van der Waals surface area contributed by atoms with Crippen LogP contribution in [0.1, 0.15) is 11.1 Å². The second kappa shape index (κ2) is 10.2. The molecule has 202 valence electrons. The summed E-state index contributed by atoms with van der Waals surface area (Å²) in [7, 11) is 0. The van der Waals surface area contributed by atoms with Crippen LogP contribution < -0.4 is 0 Å². The number of ether oxygens (including phenoxy) is 2. The number of hydrogen-bond donors (Lipinski definition) is 4. The Kier molecular flexibility index (Phi) is 6.26. The molecule has 2 aliphatic heterocycles. The minimum Gasteiger partial charge on any atom is -0.378 e. The van der Waals surface area contributed by atoms with Crippen molar-refractivity contribution in [1.29, 1.82) is 10.8 Å². The third-order valence-corrected chi connectivity index (χ3v) is 7.60. The van der Waals surface area contributed by atoms with Gasteiger partial charge in [-0.05, 0) is 36.4 Å². The van der Waals surface area contributed by atoms with Crippen molar-refractivity contribution in [2.24, 2.45) is 0 Å². The van der Waals surface area contributed by atoms with Crippen molar-refractivity contribution in [3.8, 4) is 22.8 Å². The van der Waals surface area contributed by atoms with E-state index in [1.54, 1.807) is 0 Å². The third kappa shape index (κ3) is 4.61. The highest BCUT2D eigenvalue weighted by Gasteiger charge is 2.18. The number of nitrogens with zero attached hydrogens (tertiary/aromatic N) is 4. The van der Waals surface area contributed by atoms with Crippen LogP contribution in [0.2, 0.25) is 0 Å². The van der Waals surface area contributed by atoms with Gasteiger partial charge in [0.1, 0.15) is 23.3 Å². The van der Waals surface area contributed by atoms with Crippen molar-refractivity contribution >= 4 is 33.7 Å². The van der Waals surface area contributed by atoms with Gasteiger partial charge in [0.15, 0.2) is 0 Å². The second-order valence-electron chi connectivity index (χ2n) is 10.1. The summed E-state index contributed by atoms with van der Waals surface area (Å²) in [6, 6.07) is 20.0. The number of nitrogens with one attached hydrogen (secondary N) is 4. The fraction of sp³-hybridized carbons (Fsp3) is 0.267. The maximum absolute atomic E-state index is 8.61. The Hall–Kier alpha value is -4.54. The van der Waals surface area contributed by atoms with Gasteiger partial charge in [-0.25, -0.2) is 9.97 Å². The van der Waals surface area contributed by atoms with Crippen LogP contribution in [0.3, 0.4) is 0 Å². The molecule has 5 aromatic rings. The van der Waals surface area contributed by atoms with E-state index >= 15 is 0 Å². The number of benzene rings is 3. The molecule has 10 nitrogen and oxygen atoms in total. The van der Waals surface area contributed by atoms with Gasteiger partial charge >= 0.3 is 0 Å². The number of amidine groups is 2. The maximum Gasteiger partial charge on any atom is 0.138 e. The van der Waals surface area contributed by atoms with Crippen LogP contribution in [-0.2, 0) is 9.47 Å². The Morgan fingerprint density at radius 1 is 0.600 bits per heavy atom. The molecule has 2 aromatic heterocycles. The first-order chi connectivity index (χ1) is 19.6. The van der Waals surface area contributed by atoms with Gasteiger partial charge in [0, 0.05) is 48.4 Å². The van der Waals surface area contributed by atoms with Crippen LogP contribution in [0.4, 0.5) is 0 Å². The van der Waals surface area contributed by atoms with Gasteiger partial charge in [-0.1, -0.05) is 24.3 Å². The fourth-order valence-corrected chi connectivity index (χ4v) is 5.31. The molecule has 4 N–H and O–H groups in total. The molecule has 2 aliphatic rings. The van der Waals surface area contributed by atoms with Crippen LogP contribution in [0.15, 0.2) is 60.7 Å². The lowest BCUT2D eigenvalue weighted by molar-refractivity contribution is 0.0679. The van der Waals surface area contributed by atoms with E-state index in [1.165, 1.54) is 0 Å². The number of fused-ring (bicyclic) bond motifs is 2. The average Bonchev–Trinajstić information content (AvgIpc) is 3.65. The van der Waals surface area contributed by atoms with Crippen molar-refractivity contribution in [3.05, 3.63) is 71.8 Å². The summed E-state index contributed by atoms with van der Waals surface area (Å²) >= 11 is 0. The first-order valence-electron chi connectivity index (χ1n) is 13.6. The van der Waals surface area contributed by atoms with Gasteiger partial charge in [-0.2, -0.15) is 0 Å². The largest absolute Gasteiger partial charge is 0.378 e. The molecule has 40 heavy (non-hydrogen) atoms. The summed E-state index contributed by atoms with van der Waals surface area (Å²) in [5.74, 6) is 2.60. The molecule has 2 fully saturated rings. The van der Waals surface area contributed by atoms with E-state index in [0.717, 1.165) is 82.1 Å². The van der Waals surface area contributed by atoms with Crippen LogP contribution in [-0.4, -0.2) is 94.0 Å². The maximum atomic E-state index is 8.61. The number of morpholine rings is 2. The minimum absolute atomic E-state index is 0.515. The smallest absolute Gasteiger partial charge is 0.138 e. The lowest BCUT2D eigenvalue weighted by atomic mass is 10.1. The summed E-state index contributed by atoms with van der Waals surface area (Å²) in [6.07, 6.45) is 0. The molecule has 0 saturated carbocycles. The van der Waals surface area contributed by atoms with Crippen LogP contribution in [0.5, 0.6) is 0 Å². The summed E-state index contributed by atoms with van der Waals surface area (Å²) in [5, 5.41) is 17.2. The fourth-order valence-electron chi connectivity index (χ4n) is 5.31.